The lowest BCUT2D eigenvalue weighted by molar-refractivity contribution is -0.117. The first-order chi connectivity index (χ1) is 11.7. The molecule has 2 heterocycles. The Labute approximate surface area is 154 Å². The Bertz CT molecular complexity index is 735. The van der Waals surface area contributed by atoms with E-state index in [1.807, 2.05) is 18.2 Å². The van der Waals surface area contributed by atoms with Gasteiger partial charge in [-0.15, -0.1) is 12.4 Å². The summed E-state index contributed by atoms with van der Waals surface area (Å²) < 4.78 is 5.82. The molecule has 25 heavy (non-hydrogen) atoms. The number of carbonyl (C=O) groups is 1. The molecule has 1 saturated heterocycles. The fourth-order valence-electron chi connectivity index (χ4n) is 3.56. The molecule has 4 rings (SSSR count). The Balaban J connectivity index is 0.00000182. The van der Waals surface area contributed by atoms with Crippen LogP contribution in [-0.4, -0.2) is 24.0 Å². The predicted molar refractivity (Wildman–Crippen MR) is 101 cm³/mol. The number of amides is 1. The van der Waals surface area contributed by atoms with E-state index in [4.69, 9.17) is 4.42 Å². The van der Waals surface area contributed by atoms with Gasteiger partial charge in [0.15, 0.2) is 11.5 Å². The molecule has 6 heteroatoms. The third kappa shape index (κ3) is 4.33. The van der Waals surface area contributed by atoms with Gasteiger partial charge in [-0.25, -0.2) is 4.98 Å². The SMILES string of the molecule is CC(CC(=O)Nc1ccc2nc(C3CC3)oc2c1)C1CCCNC1.Cl. The van der Waals surface area contributed by atoms with Gasteiger partial charge >= 0.3 is 0 Å². The molecule has 1 amide bonds. The second-order valence-corrected chi connectivity index (χ2v) is 7.34. The van der Waals surface area contributed by atoms with Gasteiger partial charge in [0.2, 0.25) is 5.91 Å². The number of aromatic nitrogens is 1. The van der Waals surface area contributed by atoms with E-state index in [1.54, 1.807) is 0 Å². The third-order valence-corrected chi connectivity index (χ3v) is 5.26. The molecule has 0 spiro atoms. The molecule has 2 atom stereocenters. The van der Waals surface area contributed by atoms with Crippen molar-refractivity contribution in [3.8, 4) is 0 Å². The molecule has 1 aliphatic heterocycles. The smallest absolute Gasteiger partial charge is 0.224 e. The molecule has 2 unspecified atom stereocenters. The van der Waals surface area contributed by atoms with Crippen LogP contribution in [0, 0.1) is 11.8 Å². The highest BCUT2D eigenvalue weighted by atomic mass is 35.5. The summed E-state index contributed by atoms with van der Waals surface area (Å²) in [5, 5.41) is 6.44. The maximum atomic E-state index is 12.3. The number of halogens is 1. The highest BCUT2D eigenvalue weighted by molar-refractivity contribution is 5.92. The molecule has 136 valence electrons. The van der Waals surface area contributed by atoms with Crippen LogP contribution >= 0.6 is 12.4 Å². The average molecular weight is 364 g/mol. The summed E-state index contributed by atoms with van der Waals surface area (Å²) in [5.74, 6) is 2.41. The van der Waals surface area contributed by atoms with E-state index in [1.165, 1.54) is 25.7 Å². The molecular formula is C19H26ClN3O2. The van der Waals surface area contributed by atoms with Gasteiger partial charge in [0.1, 0.15) is 5.52 Å². The summed E-state index contributed by atoms with van der Waals surface area (Å²) in [6.07, 6.45) is 5.33. The third-order valence-electron chi connectivity index (χ3n) is 5.26. The Hall–Kier alpha value is -1.59. The molecule has 2 aromatic rings. The van der Waals surface area contributed by atoms with E-state index < -0.39 is 0 Å². The molecule has 0 bridgehead atoms. The van der Waals surface area contributed by atoms with Gasteiger partial charge in [0.25, 0.3) is 0 Å². The number of nitrogens with one attached hydrogen (secondary N) is 2. The minimum atomic E-state index is 0. The summed E-state index contributed by atoms with van der Waals surface area (Å²) in [6.45, 7) is 4.32. The molecule has 1 aliphatic carbocycles. The zero-order valence-corrected chi connectivity index (χ0v) is 15.4. The number of benzene rings is 1. The minimum absolute atomic E-state index is 0. The lowest BCUT2D eigenvalue weighted by Gasteiger charge is -2.28. The first-order valence-electron chi connectivity index (χ1n) is 9.10. The molecule has 2 N–H and O–H groups in total. The molecule has 2 aliphatic rings. The van der Waals surface area contributed by atoms with Crippen LogP contribution < -0.4 is 10.6 Å². The van der Waals surface area contributed by atoms with E-state index >= 15 is 0 Å². The number of fused-ring (bicyclic) bond motifs is 1. The van der Waals surface area contributed by atoms with Crippen LogP contribution in [0.1, 0.15) is 50.8 Å². The summed E-state index contributed by atoms with van der Waals surface area (Å²) in [7, 11) is 0. The molecule has 1 aromatic heterocycles. The lowest BCUT2D eigenvalue weighted by atomic mass is 9.85. The lowest BCUT2D eigenvalue weighted by Crippen LogP contribution is -2.34. The van der Waals surface area contributed by atoms with Gasteiger partial charge in [0, 0.05) is 24.1 Å². The fraction of sp³-hybridized carbons (Fsp3) is 0.579. The van der Waals surface area contributed by atoms with Crippen molar-refractivity contribution in [3.63, 3.8) is 0 Å². The number of nitrogens with zero attached hydrogens (tertiary/aromatic N) is 1. The Morgan fingerprint density at radius 3 is 2.96 bits per heavy atom. The summed E-state index contributed by atoms with van der Waals surface area (Å²) in [5.41, 5.74) is 2.43. The van der Waals surface area contributed by atoms with Gasteiger partial charge in [-0.05, 0) is 62.7 Å². The number of hydrogen-bond donors (Lipinski definition) is 2. The van der Waals surface area contributed by atoms with Gasteiger partial charge in [-0.1, -0.05) is 6.92 Å². The number of carbonyl (C=O) groups excluding carboxylic acids is 1. The van der Waals surface area contributed by atoms with Crippen molar-refractivity contribution in [3.05, 3.63) is 24.1 Å². The van der Waals surface area contributed by atoms with Crippen molar-refractivity contribution >= 4 is 35.1 Å². The maximum absolute atomic E-state index is 12.3. The Morgan fingerprint density at radius 1 is 1.40 bits per heavy atom. The van der Waals surface area contributed by atoms with Gasteiger partial charge in [-0.2, -0.15) is 0 Å². The molecule has 2 fully saturated rings. The maximum Gasteiger partial charge on any atom is 0.224 e. The normalized spacial score (nSPS) is 21.6. The number of piperidine rings is 1. The van der Waals surface area contributed by atoms with E-state index in [2.05, 4.69) is 22.5 Å². The second kappa shape index (κ2) is 7.75. The second-order valence-electron chi connectivity index (χ2n) is 7.34. The fourth-order valence-corrected chi connectivity index (χ4v) is 3.56. The molecule has 1 aromatic carbocycles. The van der Waals surface area contributed by atoms with Crippen molar-refractivity contribution in [1.29, 1.82) is 0 Å². The quantitative estimate of drug-likeness (QED) is 0.839. The zero-order chi connectivity index (χ0) is 16.5. The molecule has 5 nitrogen and oxygen atoms in total. The van der Waals surface area contributed by atoms with Crippen LogP contribution in [0.3, 0.4) is 0 Å². The van der Waals surface area contributed by atoms with Crippen molar-refractivity contribution < 1.29 is 9.21 Å². The summed E-state index contributed by atoms with van der Waals surface area (Å²) in [6, 6.07) is 5.72. The van der Waals surface area contributed by atoms with E-state index in [-0.39, 0.29) is 18.3 Å². The first kappa shape index (κ1) is 18.2. The van der Waals surface area contributed by atoms with Crippen LogP contribution in [0.4, 0.5) is 5.69 Å². The average Bonchev–Trinajstić information content (AvgIpc) is 3.35. The highest BCUT2D eigenvalue weighted by Gasteiger charge is 2.29. The minimum Gasteiger partial charge on any atom is -0.440 e. The largest absolute Gasteiger partial charge is 0.440 e. The monoisotopic (exact) mass is 363 g/mol. The van der Waals surface area contributed by atoms with Gasteiger partial charge in [0.05, 0.1) is 0 Å². The standard InChI is InChI=1S/C19H25N3O2.ClH/c1-12(14-3-2-8-20-11-14)9-18(23)21-15-6-7-16-17(10-15)24-19(22-16)13-4-5-13;/h6-7,10,12-14,20H,2-5,8-9,11H2,1H3,(H,21,23);1H. The summed E-state index contributed by atoms with van der Waals surface area (Å²) >= 11 is 0. The summed E-state index contributed by atoms with van der Waals surface area (Å²) in [4.78, 5) is 16.9. The van der Waals surface area contributed by atoms with Crippen molar-refractivity contribution in [2.45, 2.75) is 44.9 Å². The van der Waals surface area contributed by atoms with Crippen molar-refractivity contribution in [1.82, 2.24) is 10.3 Å². The van der Waals surface area contributed by atoms with Gasteiger partial charge in [-0.3, -0.25) is 4.79 Å². The van der Waals surface area contributed by atoms with E-state index in [0.717, 1.165) is 35.8 Å². The van der Waals surface area contributed by atoms with Crippen LogP contribution in [0.2, 0.25) is 0 Å². The van der Waals surface area contributed by atoms with Crippen molar-refractivity contribution in [2.75, 3.05) is 18.4 Å². The highest BCUT2D eigenvalue weighted by Crippen LogP contribution is 2.40. The van der Waals surface area contributed by atoms with Crippen LogP contribution in [0.15, 0.2) is 22.6 Å². The number of oxazole rings is 1. The first-order valence-corrected chi connectivity index (χ1v) is 9.10. The molecule has 0 radical (unpaired) electrons. The number of anilines is 1. The Morgan fingerprint density at radius 2 is 2.24 bits per heavy atom. The number of rotatable bonds is 5. The van der Waals surface area contributed by atoms with Crippen molar-refractivity contribution in [2.24, 2.45) is 11.8 Å². The topological polar surface area (TPSA) is 67.2 Å². The van der Waals surface area contributed by atoms with E-state index in [9.17, 15) is 4.79 Å². The number of hydrogen-bond acceptors (Lipinski definition) is 4. The van der Waals surface area contributed by atoms with Crippen LogP contribution in [-0.2, 0) is 4.79 Å². The predicted octanol–water partition coefficient (Wildman–Crippen LogP) is 4.09. The zero-order valence-electron chi connectivity index (χ0n) is 14.6. The molecular weight excluding hydrogens is 338 g/mol. The van der Waals surface area contributed by atoms with Crippen LogP contribution in [0.5, 0.6) is 0 Å². The Kier molecular flexibility index (Phi) is 5.64. The molecule has 1 saturated carbocycles. The van der Waals surface area contributed by atoms with Crippen LogP contribution in [0.25, 0.3) is 11.1 Å². The van der Waals surface area contributed by atoms with Gasteiger partial charge < -0.3 is 15.1 Å². The van der Waals surface area contributed by atoms with E-state index in [0.29, 0.717) is 24.2 Å².